The number of halogens is 1. The maximum Gasteiger partial charge on any atom is 0.251 e. The zero-order valence-electron chi connectivity index (χ0n) is 19.4. The van der Waals surface area contributed by atoms with Gasteiger partial charge in [-0.15, -0.1) is 0 Å². The number of amides is 2. The Balaban J connectivity index is 1.46. The van der Waals surface area contributed by atoms with Crippen molar-refractivity contribution in [3.05, 3.63) is 101 Å². The minimum Gasteiger partial charge on any atom is -0.366 e. The molecular weight excluding hydrogens is 429 g/mol. The molecule has 6 heteroatoms. The van der Waals surface area contributed by atoms with Gasteiger partial charge in [0, 0.05) is 38.2 Å². The molecule has 1 atom stereocenters. The molecule has 1 fully saturated rings. The monoisotopic (exact) mass is 459 g/mol. The highest BCUT2D eigenvalue weighted by atomic mass is 19.1. The van der Waals surface area contributed by atoms with Crippen LogP contribution in [0.1, 0.15) is 28.4 Å². The Labute approximate surface area is 200 Å². The molecule has 1 saturated heterocycles. The summed E-state index contributed by atoms with van der Waals surface area (Å²) < 4.78 is 14.2. The lowest BCUT2D eigenvalue weighted by Crippen LogP contribution is -2.55. The minimum atomic E-state index is -0.680. The second-order valence-corrected chi connectivity index (χ2v) is 8.53. The van der Waals surface area contributed by atoms with E-state index < -0.39 is 6.04 Å². The van der Waals surface area contributed by atoms with Crippen LogP contribution in [0.25, 0.3) is 0 Å². The largest absolute Gasteiger partial charge is 0.366 e. The summed E-state index contributed by atoms with van der Waals surface area (Å²) in [5.41, 5.74) is 3.22. The van der Waals surface area contributed by atoms with Gasteiger partial charge in [0.05, 0.1) is 5.69 Å². The van der Waals surface area contributed by atoms with E-state index >= 15 is 0 Å². The summed E-state index contributed by atoms with van der Waals surface area (Å²) in [4.78, 5) is 30.2. The summed E-state index contributed by atoms with van der Waals surface area (Å²) in [5.74, 6) is -0.636. The van der Waals surface area contributed by atoms with Crippen LogP contribution in [-0.4, -0.2) is 48.9 Å². The second-order valence-electron chi connectivity index (χ2n) is 8.53. The zero-order valence-corrected chi connectivity index (χ0v) is 19.4. The molecule has 1 aliphatic rings. The maximum atomic E-state index is 14.2. The number of piperazine rings is 1. The van der Waals surface area contributed by atoms with E-state index in [1.54, 1.807) is 29.2 Å². The number of carbonyl (C=O) groups is 2. The van der Waals surface area contributed by atoms with Gasteiger partial charge in [0.15, 0.2) is 0 Å². The molecule has 0 aromatic heterocycles. The Morgan fingerprint density at radius 1 is 0.853 bits per heavy atom. The first-order valence-corrected chi connectivity index (χ1v) is 11.8. The Bertz CT molecular complexity index is 1110. The number of para-hydroxylation sites is 1. The number of nitrogens with zero attached hydrogens (tertiary/aromatic N) is 2. The molecule has 1 N–H and O–H groups in total. The van der Waals surface area contributed by atoms with Gasteiger partial charge in [-0.3, -0.25) is 9.59 Å². The summed E-state index contributed by atoms with van der Waals surface area (Å²) >= 11 is 0. The van der Waals surface area contributed by atoms with Crippen LogP contribution in [0, 0.1) is 5.82 Å². The fourth-order valence-corrected chi connectivity index (χ4v) is 4.28. The van der Waals surface area contributed by atoms with Crippen LogP contribution in [0.15, 0.2) is 78.9 Å². The van der Waals surface area contributed by atoms with E-state index in [-0.39, 0.29) is 17.6 Å². The standard InChI is InChI=1S/C28H30FN3O2/c1-2-21-12-14-23(15-13-21)27(33)30-25(20-22-8-4-3-5-9-22)28(34)32-18-16-31(17-19-32)26-11-7-6-10-24(26)29/h3-15,25H,2,16-20H2,1H3,(H,30,33)/t25-/m0/s1. The summed E-state index contributed by atoms with van der Waals surface area (Å²) in [7, 11) is 0. The SMILES string of the molecule is CCc1ccc(C(=O)N[C@@H](Cc2ccccc2)C(=O)N2CCN(c3ccccc3F)CC2)cc1. The molecule has 1 aliphatic heterocycles. The van der Waals surface area contributed by atoms with E-state index in [9.17, 15) is 14.0 Å². The van der Waals surface area contributed by atoms with Crippen LogP contribution in [-0.2, 0) is 17.6 Å². The predicted molar refractivity (Wildman–Crippen MR) is 132 cm³/mol. The number of nitrogens with one attached hydrogen (secondary N) is 1. The summed E-state index contributed by atoms with van der Waals surface area (Å²) in [6.07, 6.45) is 1.31. The molecular formula is C28H30FN3O2. The van der Waals surface area contributed by atoms with Gasteiger partial charge in [-0.2, -0.15) is 0 Å². The topological polar surface area (TPSA) is 52.7 Å². The molecule has 34 heavy (non-hydrogen) atoms. The highest BCUT2D eigenvalue weighted by molar-refractivity contribution is 5.97. The van der Waals surface area contributed by atoms with Crippen molar-refractivity contribution in [2.75, 3.05) is 31.1 Å². The number of anilines is 1. The van der Waals surface area contributed by atoms with Crippen molar-refractivity contribution >= 4 is 17.5 Å². The lowest BCUT2D eigenvalue weighted by atomic mass is 10.0. The number of carbonyl (C=O) groups excluding carboxylic acids is 2. The van der Waals surface area contributed by atoms with E-state index in [0.29, 0.717) is 43.9 Å². The van der Waals surface area contributed by atoms with Crippen molar-refractivity contribution in [3.63, 3.8) is 0 Å². The number of aryl methyl sites for hydroxylation is 1. The lowest BCUT2D eigenvalue weighted by Gasteiger charge is -2.37. The molecule has 3 aromatic rings. The van der Waals surface area contributed by atoms with E-state index in [1.807, 2.05) is 53.4 Å². The number of rotatable bonds is 7. The molecule has 0 radical (unpaired) electrons. The van der Waals surface area contributed by atoms with Crippen molar-refractivity contribution in [1.82, 2.24) is 10.2 Å². The third-order valence-electron chi connectivity index (χ3n) is 6.29. The highest BCUT2D eigenvalue weighted by Crippen LogP contribution is 2.20. The highest BCUT2D eigenvalue weighted by Gasteiger charge is 2.29. The van der Waals surface area contributed by atoms with Crippen LogP contribution in [0.5, 0.6) is 0 Å². The molecule has 0 saturated carbocycles. The maximum absolute atomic E-state index is 14.2. The van der Waals surface area contributed by atoms with Crippen LogP contribution >= 0.6 is 0 Å². The Morgan fingerprint density at radius 2 is 1.50 bits per heavy atom. The van der Waals surface area contributed by atoms with Crippen LogP contribution in [0.4, 0.5) is 10.1 Å². The first-order chi connectivity index (χ1) is 16.5. The van der Waals surface area contributed by atoms with Gasteiger partial charge < -0.3 is 15.1 Å². The second kappa shape index (κ2) is 11.0. The van der Waals surface area contributed by atoms with Crippen molar-refractivity contribution in [2.45, 2.75) is 25.8 Å². The van der Waals surface area contributed by atoms with Gasteiger partial charge in [0.25, 0.3) is 5.91 Å². The smallest absolute Gasteiger partial charge is 0.251 e. The normalized spacial score (nSPS) is 14.5. The van der Waals surface area contributed by atoms with Crippen LogP contribution in [0.2, 0.25) is 0 Å². The average Bonchev–Trinajstić information content (AvgIpc) is 2.89. The molecule has 0 spiro atoms. The van der Waals surface area contributed by atoms with E-state index in [1.165, 1.54) is 6.07 Å². The Hall–Kier alpha value is -3.67. The fourth-order valence-electron chi connectivity index (χ4n) is 4.28. The molecule has 176 valence electrons. The molecule has 2 amide bonds. The van der Waals surface area contributed by atoms with Gasteiger partial charge in [-0.05, 0) is 41.8 Å². The van der Waals surface area contributed by atoms with Crippen LogP contribution in [0.3, 0.4) is 0 Å². The van der Waals surface area contributed by atoms with Gasteiger partial charge in [0.2, 0.25) is 5.91 Å². The zero-order chi connectivity index (χ0) is 23.9. The molecule has 4 rings (SSSR count). The van der Waals surface area contributed by atoms with Gasteiger partial charge in [-0.25, -0.2) is 4.39 Å². The molecule has 1 heterocycles. The Kier molecular flexibility index (Phi) is 7.58. The van der Waals surface area contributed by atoms with Gasteiger partial charge >= 0.3 is 0 Å². The van der Waals surface area contributed by atoms with E-state index in [0.717, 1.165) is 17.5 Å². The van der Waals surface area contributed by atoms with Crippen molar-refractivity contribution in [2.24, 2.45) is 0 Å². The minimum absolute atomic E-state index is 0.115. The molecule has 0 unspecified atom stereocenters. The summed E-state index contributed by atoms with van der Waals surface area (Å²) in [5, 5.41) is 2.96. The lowest BCUT2D eigenvalue weighted by molar-refractivity contribution is -0.133. The predicted octanol–water partition coefficient (Wildman–Crippen LogP) is 4.08. The average molecular weight is 460 g/mol. The summed E-state index contributed by atoms with van der Waals surface area (Å²) in [6.45, 7) is 4.09. The Morgan fingerprint density at radius 3 is 2.15 bits per heavy atom. The first kappa shape index (κ1) is 23.5. The quantitative estimate of drug-likeness (QED) is 0.579. The van der Waals surface area contributed by atoms with Crippen molar-refractivity contribution in [1.29, 1.82) is 0 Å². The van der Waals surface area contributed by atoms with E-state index in [2.05, 4.69) is 12.2 Å². The van der Waals surface area contributed by atoms with E-state index in [4.69, 9.17) is 0 Å². The number of benzene rings is 3. The molecule has 0 bridgehead atoms. The fraction of sp³-hybridized carbons (Fsp3) is 0.286. The molecule has 0 aliphatic carbocycles. The van der Waals surface area contributed by atoms with Gasteiger partial charge in [-0.1, -0.05) is 61.5 Å². The number of hydrogen-bond acceptors (Lipinski definition) is 3. The van der Waals surface area contributed by atoms with Crippen molar-refractivity contribution < 1.29 is 14.0 Å². The van der Waals surface area contributed by atoms with Gasteiger partial charge in [0.1, 0.15) is 11.9 Å². The van der Waals surface area contributed by atoms with Crippen LogP contribution < -0.4 is 10.2 Å². The first-order valence-electron chi connectivity index (χ1n) is 11.8. The third-order valence-corrected chi connectivity index (χ3v) is 6.29. The third kappa shape index (κ3) is 5.63. The molecule has 3 aromatic carbocycles. The summed E-state index contributed by atoms with van der Waals surface area (Å²) in [6, 6.07) is 23.2. The molecule has 5 nitrogen and oxygen atoms in total. The van der Waals surface area contributed by atoms with Crippen molar-refractivity contribution in [3.8, 4) is 0 Å². The number of hydrogen-bond donors (Lipinski definition) is 1.